The molecular weight excluding hydrogens is 370 g/mol. The van der Waals surface area contributed by atoms with Crippen molar-refractivity contribution in [3.05, 3.63) is 78.5 Å². The van der Waals surface area contributed by atoms with Crippen molar-refractivity contribution in [2.24, 2.45) is 0 Å². The Morgan fingerprint density at radius 1 is 1.10 bits per heavy atom. The molecule has 1 amide bonds. The molecule has 4 aromatic rings. The fraction of sp³-hybridized carbons (Fsp3) is 0.143. The number of methoxy groups -OCH3 is 1. The van der Waals surface area contributed by atoms with Crippen molar-refractivity contribution in [3.8, 4) is 0 Å². The Morgan fingerprint density at radius 2 is 1.90 bits per heavy atom. The maximum Gasteiger partial charge on any atom is 0.340 e. The fourth-order valence-corrected chi connectivity index (χ4v) is 3.20. The van der Waals surface area contributed by atoms with Gasteiger partial charge in [0.05, 0.1) is 19.2 Å². The molecule has 2 heterocycles. The summed E-state index contributed by atoms with van der Waals surface area (Å²) in [5, 5.41) is 7.71. The summed E-state index contributed by atoms with van der Waals surface area (Å²) in [7, 11) is 1.34. The van der Waals surface area contributed by atoms with Gasteiger partial charge in [0.1, 0.15) is 19.2 Å². The zero-order valence-corrected chi connectivity index (χ0v) is 15.8. The van der Waals surface area contributed by atoms with E-state index in [4.69, 9.17) is 4.74 Å². The molecule has 0 fully saturated rings. The summed E-state index contributed by atoms with van der Waals surface area (Å²) in [6.45, 7) is 0.693. The van der Waals surface area contributed by atoms with Crippen LogP contribution in [-0.2, 0) is 22.6 Å². The van der Waals surface area contributed by atoms with Gasteiger partial charge in [0.2, 0.25) is 5.91 Å². The van der Waals surface area contributed by atoms with Crippen LogP contribution in [0.15, 0.2) is 67.4 Å². The molecule has 0 aliphatic carbocycles. The van der Waals surface area contributed by atoms with Crippen molar-refractivity contribution in [1.82, 2.24) is 19.3 Å². The molecule has 4 rings (SSSR count). The number of fused-ring (bicyclic) bond motifs is 1. The predicted molar refractivity (Wildman–Crippen MR) is 107 cm³/mol. The van der Waals surface area contributed by atoms with Crippen LogP contribution >= 0.6 is 0 Å². The highest BCUT2D eigenvalue weighted by Gasteiger charge is 2.16. The van der Waals surface area contributed by atoms with Crippen molar-refractivity contribution in [3.63, 3.8) is 0 Å². The van der Waals surface area contributed by atoms with Crippen LogP contribution in [0.2, 0.25) is 0 Å². The molecule has 0 radical (unpaired) electrons. The van der Waals surface area contributed by atoms with Crippen molar-refractivity contribution < 1.29 is 14.3 Å². The molecule has 0 atom stereocenters. The van der Waals surface area contributed by atoms with Gasteiger partial charge in [0.15, 0.2) is 0 Å². The van der Waals surface area contributed by atoms with Crippen LogP contribution in [0.4, 0.5) is 5.69 Å². The summed E-state index contributed by atoms with van der Waals surface area (Å²) in [4.78, 5) is 28.5. The number of para-hydroxylation sites is 1. The van der Waals surface area contributed by atoms with Crippen LogP contribution in [0.1, 0.15) is 15.9 Å². The Kier molecular flexibility index (Phi) is 5.07. The van der Waals surface area contributed by atoms with Crippen LogP contribution in [0.5, 0.6) is 0 Å². The molecule has 2 aromatic carbocycles. The minimum Gasteiger partial charge on any atom is -0.465 e. The number of rotatable bonds is 6. The molecule has 0 unspecified atom stereocenters. The number of nitrogens with zero attached hydrogens (tertiary/aromatic N) is 4. The molecule has 0 aliphatic rings. The number of aromatic nitrogens is 4. The highest BCUT2D eigenvalue weighted by molar-refractivity contribution is 6.04. The molecular formula is C21H19N5O3. The van der Waals surface area contributed by atoms with Gasteiger partial charge in [0.25, 0.3) is 0 Å². The quantitative estimate of drug-likeness (QED) is 0.512. The lowest BCUT2D eigenvalue weighted by atomic mass is 10.2. The summed E-state index contributed by atoms with van der Waals surface area (Å²) in [6.07, 6.45) is 4.79. The van der Waals surface area contributed by atoms with Gasteiger partial charge >= 0.3 is 5.97 Å². The number of nitrogens with one attached hydrogen (secondary N) is 1. The summed E-state index contributed by atoms with van der Waals surface area (Å²) in [5.74, 6) is -0.616. The van der Waals surface area contributed by atoms with Crippen LogP contribution in [-0.4, -0.2) is 38.3 Å². The monoisotopic (exact) mass is 389 g/mol. The van der Waals surface area contributed by atoms with Crippen molar-refractivity contribution >= 4 is 28.5 Å². The minimum absolute atomic E-state index is 0.0816. The van der Waals surface area contributed by atoms with E-state index in [9.17, 15) is 9.59 Å². The van der Waals surface area contributed by atoms with E-state index in [1.165, 1.54) is 13.4 Å². The molecule has 8 nitrogen and oxygen atoms in total. The highest BCUT2D eigenvalue weighted by Crippen LogP contribution is 2.22. The van der Waals surface area contributed by atoms with Gasteiger partial charge < -0.3 is 14.6 Å². The average molecular weight is 389 g/mol. The first-order valence-corrected chi connectivity index (χ1v) is 9.01. The van der Waals surface area contributed by atoms with E-state index in [0.29, 0.717) is 17.8 Å². The van der Waals surface area contributed by atoms with Gasteiger partial charge in [-0.3, -0.25) is 4.79 Å². The van der Waals surface area contributed by atoms with Crippen LogP contribution in [0.25, 0.3) is 10.9 Å². The summed E-state index contributed by atoms with van der Waals surface area (Å²) in [6, 6.07) is 15.0. The number of carbonyl (C=O) groups is 2. The molecule has 8 heteroatoms. The summed E-state index contributed by atoms with van der Waals surface area (Å²) >= 11 is 0. The predicted octanol–water partition coefficient (Wildman–Crippen LogP) is 2.71. The van der Waals surface area contributed by atoms with Gasteiger partial charge in [-0.15, -0.1) is 0 Å². The molecule has 1 N–H and O–H groups in total. The molecule has 0 spiro atoms. The van der Waals surface area contributed by atoms with Gasteiger partial charge in [-0.2, -0.15) is 5.10 Å². The Labute approximate surface area is 166 Å². The largest absolute Gasteiger partial charge is 0.465 e. The Morgan fingerprint density at radius 3 is 2.62 bits per heavy atom. The lowest BCUT2D eigenvalue weighted by Crippen LogP contribution is -2.18. The lowest BCUT2D eigenvalue weighted by Gasteiger charge is -2.08. The van der Waals surface area contributed by atoms with Gasteiger partial charge in [-0.05, 0) is 23.8 Å². The zero-order valence-electron chi connectivity index (χ0n) is 15.8. The second-order valence-corrected chi connectivity index (χ2v) is 6.52. The fourth-order valence-electron chi connectivity index (χ4n) is 3.20. The van der Waals surface area contributed by atoms with E-state index >= 15 is 0 Å². The van der Waals surface area contributed by atoms with Crippen LogP contribution < -0.4 is 5.32 Å². The standard InChI is InChI=1S/C21H19N5O3/c1-29-21(28)18-11-25(19-5-3-2-4-17(18)19)12-20(27)24-16-8-6-15(7-9-16)10-26-14-22-13-23-26/h2-9,11,13-14H,10,12H2,1H3,(H,24,27). The smallest absolute Gasteiger partial charge is 0.340 e. The summed E-state index contributed by atoms with van der Waals surface area (Å²) in [5.41, 5.74) is 2.98. The third-order valence-electron chi connectivity index (χ3n) is 4.56. The number of ether oxygens (including phenoxy) is 1. The number of esters is 1. The third-order valence-corrected chi connectivity index (χ3v) is 4.56. The Bertz CT molecular complexity index is 1150. The number of benzene rings is 2. The average Bonchev–Trinajstić information content (AvgIpc) is 3.37. The van der Waals surface area contributed by atoms with Crippen molar-refractivity contribution in [2.45, 2.75) is 13.1 Å². The second-order valence-electron chi connectivity index (χ2n) is 6.52. The lowest BCUT2D eigenvalue weighted by molar-refractivity contribution is -0.116. The second kappa shape index (κ2) is 7.97. The topological polar surface area (TPSA) is 91.0 Å². The summed E-state index contributed by atoms with van der Waals surface area (Å²) < 4.78 is 8.32. The SMILES string of the molecule is COC(=O)c1cn(CC(=O)Nc2ccc(Cn3cncn3)cc2)c2ccccc12. The number of carbonyl (C=O) groups excluding carboxylic acids is 2. The maximum atomic E-state index is 12.5. The van der Waals surface area contributed by atoms with E-state index in [2.05, 4.69) is 15.4 Å². The molecule has 0 saturated carbocycles. The first kappa shape index (κ1) is 18.4. The van der Waals surface area contributed by atoms with E-state index in [-0.39, 0.29) is 12.5 Å². The van der Waals surface area contributed by atoms with Crippen molar-refractivity contribution in [1.29, 1.82) is 0 Å². The van der Waals surface area contributed by atoms with Gasteiger partial charge in [-0.1, -0.05) is 30.3 Å². The van der Waals surface area contributed by atoms with Gasteiger partial charge in [-0.25, -0.2) is 14.5 Å². The third kappa shape index (κ3) is 4.01. The molecule has 0 saturated heterocycles. The number of hydrogen-bond acceptors (Lipinski definition) is 5. The number of anilines is 1. The van der Waals surface area contributed by atoms with E-state index < -0.39 is 5.97 Å². The maximum absolute atomic E-state index is 12.5. The normalized spacial score (nSPS) is 10.8. The number of amides is 1. The molecule has 29 heavy (non-hydrogen) atoms. The molecule has 0 bridgehead atoms. The Hall–Kier alpha value is -3.94. The molecule has 0 aliphatic heterocycles. The van der Waals surface area contributed by atoms with Crippen LogP contribution in [0, 0.1) is 0 Å². The van der Waals surface area contributed by atoms with E-state index in [1.807, 2.05) is 48.5 Å². The van der Waals surface area contributed by atoms with Crippen molar-refractivity contribution in [2.75, 3.05) is 12.4 Å². The van der Waals surface area contributed by atoms with Gasteiger partial charge in [0, 0.05) is 22.8 Å². The molecule has 146 valence electrons. The number of hydrogen-bond donors (Lipinski definition) is 1. The Balaban J connectivity index is 1.46. The minimum atomic E-state index is -0.427. The first-order valence-electron chi connectivity index (χ1n) is 9.01. The highest BCUT2D eigenvalue weighted by atomic mass is 16.5. The van der Waals surface area contributed by atoms with Crippen LogP contribution in [0.3, 0.4) is 0 Å². The van der Waals surface area contributed by atoms with E-state index in [0.717, 1.165) is 16.5 Å². The van der Waals surface area contributed by atoms with E-state index in [1.54, 1.807) is 21.8 Å². The first-order chi connectivity index (χ1) is 14.1. The molecule has 2 aromatic heterocycles. The zero-order chi connectivity index (χ0) is 20.2.